The molecule has 3 amide bonds. The van der Waals surface area contributed by atoms with Gasteiger partial charge in [0.1, 0.15) is 17.7 Å². The molecule has 35 heavy (non-hydrogen) atoms. The van der Waals surface area contributed by atoms with Crippen molar-refractivity contribution in [1.82, 2.24) is 15.5 Å². The smallest absolute Gasteiger partial charge is 0.408 e. The van der Waals surface area contributed by atoms with Crippen LogP contribution in [0.2, 0.25) is 0 Å². The number of nitrogens with zero attached hydrogens (tertiary/aromatic N) is 1. The van der Waals surface area contributed by atoms with E-state index in [-0.39, 0.29) is 17.7 Å². The number of benzene rings is 2. The first kappa shape index (κ1) is 27.9. The van der Waals surface area contributed by atoms with E-state index >= 15 is 0 Å². The van der Waals surface area contributed by atoms with Gasteiger partial charge in [-0.2, -0.15) is 0 Å². The Morgan fingerprint density at radius 3 is 2.17 bits per heavy atom. The van der Waals surface area contributed by atoms with Crippen molar-refractivity contribution >= 4 is 17.9 Å². The molecule has 0 bridgehead atoms. The quantitative estimate of drug-likeness (QED) is 0.541. The molecule has 7 heteroatoms. The number of hydrogen-bond acceptors (Lipinski definition) is 4. The molecule has 3 atom stereocenters. The highest BCUT2D eigenvalue weighted by atomic mass is 16.6. The van der Waals surface area contributed by atoms with Crippen molar-refractivity contribution in [1.29, 1.82) is 0 Å². The first-order chi connectivity index (χ1) is 16.4. The molecular weight excluding hydrogens is 442 g/mol. The van der Waals surface area contributed by atoms with Gasteiger partial charge in [-0.05, 0) is 50.3 Å². The monoisotopic (exact) mass is 481 g/mol. The zero-order valence-corrected chi connectivity index (χ0v) is 21.9. The molecule has 0 saturated heterocycles. The van der Waals surface area contributed by atoms with Crippen LogP contribution in [0.3, 0.4) is 0 Å². The number of hydrogen-bond donors (Lipinski definition) is 2. The maximum Gasteiger partial charge on any atom is 0.408 e. The van der Waals surface area contributed by atoms with Gasteiger partial charge in [-0.15, -0.1) is 0 Å². The summed E-state index contributed by atoms with van der Waals surface area (Å²) >= 11 is 0. The van der Waals surface area contributed by atoms with Crippen molar-refractivity contribution < 1.29 is 19.1 Å². The van der Waals surface area contributed by atoms with Gasteiger partial charge in [-0.3, -0.25) is 9.59 Å². The summed E-state index contributed by atoms with van der Waals surface area (Å²) in [5.41, 5.74) is 1.89. The second-order valence-corrected chi connectivity index (χ2v) is 9.92. The van der Waals surface area contributed by atoms with Gasteiger partial charge in [-0.25, -0.2) is 4.79 Å². The molecule has 0 fully saturated rings. The van der Waals surface area contributed by atoms with E-state index in [2.05, 4.69) is 10.6 Å². The number of aryl methyl sites for hydroxylation is 1. The number of rotatable bonds is 9. The maximum absolute atomic E-state index is 13.7. The standard InChI is InChI=1S/C28H39N3O4/c1-8-19(2)23(30-27(34)35-28(4,5)6)26(33)31(7)24(22-17-13-12-14-20(22)3)25(32)29-18-21-15-10-9-11-16-21/h9-17,19,23-24H,8,18H2,1-7H3,(H,29,32)(H,30,34). The number of nitrogens with one attached hydrogen (secondary N) is 2. The Bertz CT molecular complexity index is 1000. The number of amides is 3. The summed E-state index contributed by atoms with van der Waals surface area (Å²) < 4.78 is 5.39. The molecule has 0 saturated carbocycles. The number of ether oxygens (including phenoxy) is 1. The predicted octanol–water partition coefficient (Wildman–Crippen LogP) is 4.75. The second-order valence-electron chi connectivity index (χ2n) is 9.92. The first-order valence-corrected chi connectivity index (χ1v) is 12.1. The average Bonchev–Trinajstić information content (AvgIpc) is 2.81. The number of alkyl carbamates (subject to hydrolysis) is 1. The minimum absolute atomic E-state index is 0.164. The van der Waals surface area contributed by atoms with Crippen molar-refractivity contribution in [3.05, 3.63) is 71.3 Å². The summed E-state index contributed by atoms with van der Waals surface area (Å²) in [6.07, 6.45) is 0.000429. The molecule has 0 radical (unpaired) electrons. The van der Waals surface area contributed by atoms with Crippen LogP contribution in [0.25, 0.3) is 0 Å². The van der Waals surface area contributed by atoms with Crippen LogP contribution in [0.15, 0.2) is 54.6 Å². The van der Waals surface area contributed by atoms with Gasteiger partial charge in [0.2, 0.25) is 11.8 Å². The summed E-state index contributed by atoms with van der Waals surface area (Å²) in [6, 6.07) is 15.4. The summed E-state index contributed by atoms with van der Waals surface area (Å²) in [5.74, 6) is -0.810. The highest BCUT2D eigenvalue weighted by Gasteiger charge is 2.36. The third-order valence-electron chi connectivity index (χ3n) is 5.93. The second kappa shape index (κ2) is 12.4. The SMILES string of the molecule is CCC(C)C(NC(=O)OC(C)(C)C)C(=O)N(C)C(C(=O)NCc1ccccc1)c1ccccc1C. The normalized spacial score (nSPS) is 13.8. The number of likely N-dealkylation sites (N-methyl/N-ethyl adjacent to an activating group) is 1. The molecule has 0 heterocycles. The van der Waals surface area contributed by atoms with Crippen molar-refractivity contribution in [2.75, 3.05) is 7.05 Å². The van der Waals surface area contributed by atoms with Gasteiger partial charge in [-0.1, -0.05) is 74.9 Å². The average molecular weight is 482 g/mol. The lowest BCUT2D eigenvalue weighted by Gasteiger charge is -2.34. The maximum atomic E-state index is 13.7. The predicted molar refractivity (Wildman–Crippen MR) is 138 cm³/mol. The van der Waals surface area contributed by atoms with E-state index in [0.29, 0.717) is 13.0 Å². The van der Waals surface area contributed by atoms with E-state index in [1.54, 1.807) is 27.8 Å². The zero-order valence-electron chi connectivity index (χ0n) is 21.9. The Balaban J connectivity index is 2.34. The minimum atomic E-state index is -0.862. The van der Waals surface area contributed by atoms with E-state index < -0.39 is 23.8 Å². The molecule has 2 aromatic rings. The van der Waals surface area contributed by atoms with Crippen LogP contribution >= 0.6 is 0 Å². The molecule has 3 unspecified atom stereocenters. The molecular formula is C28H39N3O4. The van der Waals surface area contributed by atoms with Gasteiger partial charge in [0.25, 0.3) is 0 Å². The number of carbonyl (C=O) groups is 3. The Hall–Kier alpha value is -3.35. The van der Waals surface area contributed by atoms with Crippen LogP contribution in [0.5, 0.6) is 0 Å². The third-order valence-corrected chi connectivity index (χ3v) is 5.93. The van der Waals surface area contributed by atoms with Crippen LogP contribution in [0, 0.1) is 12.8 Å². The molecule has 2 rings (SSSR count). The Morgan fingerprint density at radius 1 is 1.00 bits per heavy atom. The lowest BCUT2D eigenvalue weighted by Crippen LogP contribution is -2.54. The molecule has 2 aromatic carbocycles. The summed E-state index contributed by atoms with van der Waals surface area (Å²) in [6.45, 7) is 11.4. The summed E-state index contributed by atoms with van der Waals surface area (Å²) in [7, 11) is 1.60. The molecule has 0 aromatic heterocycles. The topological polar surface area (TPSA) is 87.7 Å². The first-order valence-electron chi connectivity index (χ1n) is 12.1. The lowest BCUT2D eigenvalue weighted by atomic mass is 9.95. The van der Waals surface area contributed by atoms with E-state index in [1.165, 1.54) is 4.90 Å². The van der Waals surface area contributed by atoms with Crippen molar-refractivity contribution in [3.63, 3.8) is 0 Å². The van der Waals surface area contributed by atoms with Crippen molar-refractivity contribution in [3.8, 4) is 0 Å². The van der Waals surface area contributed by atoms with Crippen LogP contribution in [0.1, 0.15) is 63.8 Å². The highest BCUT2D eigenvalue weighted by Crippen LogP contribution is 2.25. The largest absolute Gasteiger partial charge is 0.444 e. The zero-order chi connectivity index (χ0) is 26.2. The Labute approximate surface area is 209 Å². The molecule has 2 N–H and O–H groups in total. The number of carbonyl (C=O) groups excluding carboxylic acids is 3. The lowest BCUT2D eigenvalue weighted by molar-refractivity contribution is -0.141. The van der Waals surface area contributed by atoms with Gasteiger partial charge in [0, 0.05) is 13.6 Å². The molecule has 7 nitrogen and oxygen atoms in total. The van der Waals surface area contributed by atoms with Crippen LogP contribution in [-0.2, 0) is 20.9 Å². The summed E-state index contributed by atoms with van der Waals surface area (Å²) in [4.78, 5) is 41.1. The van der Waals surface area contributed by atoms with Gasteiger partial charge >= 0.3 is 6.09 Å². The molecule has 0 aliphatic heterocycles. The van der Waals surface area contributed by atoms with Gasteiger partial charge < -0.3 is 20.3 Å². The highest BCUT2D eigenvalue weighted by molar-refractivity contribution is 5.92. The third kappa shape index (κ3) is 8.12. The molecule has 0 aliphatic rings. The van der Waals surface area contributed by atoms with Gasteiger partial charge in [0.15, 0.2) is 0 Å². The van der Waals surface area contributed by atoms with Crippen LogP contribution in [0.4, 0.5) is 4.79 Å². The van der Waals surface area contributed by atoms with E-state index in [4.69, 9.17) is 4.74 Å². The van der Waals surface area contributed by atoms with E-state index in [1.807, 2.05) is 75.4 Å². The van der Waals surface area contributed by atoms with Crippen molar-refractivity contribution in [2.24, 2.45) is 5.92 Å². The fourth-order valence-corrected chi connectivity index (χ4v) is 3.77. The van der Waals surface area contributed by atoms with E-state index in [9.17, 15) is 14.4 Å². The Morgan fingerprint density at radius 2 is 1.60 bits per heavy atom. The van der Waals surface area contributed by atoms with Gasteiger partial charge in [0.05, 0.1) is 0 Å². The fraction of sp³-hybridized carbons (Fsp3) is 0.464. The fourth-order valence-electron chi connectivity index (χ4n) is 3.77. The molecule has 0 spiro atoms. The molecule has 190 valence electrons. The minimum Gasteiger partial charge on any atom is -0.444 e. The van der Waals surface area contributed by atoms with E-state index in [0.717, 1.165) is 16.7 Å². The Kier molecular flexibility index (Phi) is 9.87. The van der Waals surface area contributed by atoms with Crippen LogP contribution in [-0.4, -0.2) is 41.5 Å². The molecule has 0 aliphatic carbocycles. The summed E-state index contributed by atoms with van der Waals surface area (Å²) in [5, 5.41) is 5.71. The van der Waals surface area contributed by atoms with Crippen molar-refractivity contribution in [2.45, 2.75) is 72.2 Å². The van der Waals surface area contributed by atoms with Crippen LogP contribution < -0.4 is 10.6 Å².